The summed E-state index contributed by atoms with van der Waals surface area (Å²) in [6.07, 6.45) is 1.17. The van der Waals surface area contributed by atoms with Crippen LogP contribution in [0.5, 0.6) is 0 Å². The Morgan fingerprint density at radius 1 is 0.629 bits per heavy atom. The first-order valence-electron chi connectivity index (χ1n) is 20.1. The van der Waals surface area contributed by atoms with E-state index in [0.29, 0.717) is 45.7 Å². The largest absolute Gasteiger partial charge is 0.343 e. The van der Waals surface area contributed by atoms with E-state index in [2.05, 4.69) is 51.1 Å². The van der Waals surface area contributed by atoms with E-state index in [1.54, 1.807) is 27.9 Å². The number of rotatable bonds is 19. The molecule has 6 rings (SSSR count). The van der Waals surface area contributed by atoms with Gasteiger partial charge in [0.15, 0.2) is 0 Å². The van der Waals surface area contributed by atoms with Crippen LogP contribution in [0.3, 0.4) is 0 Å². The van der Waals surface area contributed by atoms with Crippen molar-refractivity contribution in [1.29, 1.82) is 0 Å². The number of hydrogen-bond acceptors (Lipinski definition) is 16. The molecule has 0 saturated carbocycles. The van der Waals surface area contributed by atoms with Crippen LogP contribution in [-0.2, 0) is 28.8 Å². The first kappa shape index (κ1) is 46.5. The molecule has 2 aliphatic rings. The molecule has 2 fully saturated rings. The van der Waals surface area contributed by atoms with Gasteiger partial charge in [0.05, 0.1) is 23.8 Å². The van der Waals surface area contributed by atoms with Gasteiger partial charge in [-0.3, -0.25) is 28.8 Å². The predicted octanol–water partition coefficient (Wildman–Crippen LogP) is 2.85. The molecule has 2 aromatic carbocycles. The molecule has 6 N–H and O–H groups in total. The number of likely N-dealkylation sites (N-methyl/N-ethyl adjacent to an activating group) is 2. The zero-order chi connectivity index (χ0) is 44.2. The van der Waals surface area contributed by atoms with E-state index in [9.17, 15) is 28.8 Å². The highest BCUT2D eigenvalue weighted by atomic mass is 32.2. The third-order valence-electron chi connectivity index (χ3n) is 10.6. The van der Waals surface area contributed by atoms with E-state index >= 15 is 0 Å². The lowest BCUT2D eigenvalue weighted by molar-refractivity contribution is -0.140. The lowest BCUT2D eigenvalue weighted by Crippen LogP contribution is -2.55. The van der Waals surface area contributed by atoms with Gasteiger partial charge in [-0.25, -0.2) is 0 Å². The van der Waals surface area contributed by atoms with Gasteiger partial charge in [-0.05, 0) is 40.8 Å². The van der Waals surface area contributed by atoms with E-state index in [0.717, 1.165) is 34.2 Å². The Labute approximate surface area is 376 Å². The fourth-order valence-corrected chi connectivity index (χ4v) is 10.2. The molecular weight excluding hydrogens is 873 g/mol. The standard InChI is InChI=1S/C40H50N12O6S4/c1-23(41-3)33(53)43-27(39(57)51-21-59-19-29(51)35(55)45-37-31(47-49-61-37)25-13-7-5-8-14-25)17-11-12-18-28(44-34(54)24(2)42-4)40(58)52-22-60-20-30(52)36(56)46-38-32(48-50-62-38)26-15-9-6-10-16-26/h5-10,13-16,23-24,27-30,41-42H,11-12,17-22H2,1-4H3,(H,43,53)(H,44,54)(H,45,55)(H,46,56)/t23-,24-,27-,28-,29-,30-/m0/s1. The SMILES string of the molecule is CN[C@@H](C)C(=O)N[C@@H](CCCC[C@H](NC(=O)[C@H](C)NC)C(=O)N1CSC[C@H]1C(=O)Nc1snnc1-c1ccccc1)C(=O)N1CSC[C@H]1C(=O)Nc1snnc1-c1ccccc1. The number of anilines is 2. The second-order valence-electron chi connectivity index (χ2n) is 14.7. The Balaban J connectivity index is 1.12. The maximum Gasteiger partial charge on any atom is 0.248 e. The molecule has 330 valence electrons. The third-order valence-corrected chi connectivity index (χ3v) is 13.9. The van der Waals surface area contributed by atoms with Gasteiger partial charge in [-0.1, -0.05) is 82.5 Å². The van der Waals surface area contributed by atoms with Gasteiger partial charge in [0.1, 0.15) is 45.6 Å². The van der Waals surface area contributed by atoms with Crippen LogP contribution in [0.15, 0.2) is 60.7 Å². The summed E-state index contributed by atoms with van der Waals surface area (Å²) in [5.74, 6) is -1.15. The summed E-state index contributed by atoms with van der Waals surface area (Å²) in [5, 5.41) is 26.7. The van der Waals surface area contributed by atoms with E-state index in [-0.39, 0.29) is 48.2 Å². The van der Waals surface area contributed by atoms with Crippen molar-refractivity contribution < 1.29 is 28.8 Å². The molecule has 4 heterocycles. The Morgan fingerprint density at radius 3 is 1.39 bits per heavy atom. The van der Waals surface area contributed by atoms with Crippen LogP contribution in [0.1, 0.15) is 39.5 Å². The molecule has 0 unspecified atom stereocenters. The average Bonchev–Trinajstić information content (AvgIpc) is 4.14. The van der Waals surface area contributed by atoms with Crippen LogP contribution in [0, 0.1) is 0 Å². The molecule has 0 radical (unpaired) electrons. The molecule has 62 heavy (non-hydrogen) atoms. The number of amides is 6. The highest BCUT2D eigenvalue weighted by Crippen LogP contribution is 2.32. The highest BCUT2D eigenvalue weighted by molar-refractivity contribution is 7.99. The fourth-order valence-electron chi connectivity index (χ4n) is 6.73. The second-order valence-corrected chi connectivity index (χ2v) is 18.2. The molecule has 2 aromatic heterocycles. The number of carbonyl (C=O) groups excluding carboxylic acids is 6. The van der Waals surface area contributed by atoms with Crippen molar-refractivity contribution in [1.82, 2.24) is 50.2 Å². The van der Waals surface area contributed by atoms with Gasteiger partial charge >= 0.3 is 0 Å². The van der Waals surface area contributed by atoms with Gasteiger partial charge in [-0.15, -0.1) is 33.7 Å². The van der Waals surface area contributed by atoms with Crippen molar-refractivity contribution in [2.75, 3.05) is 48.0 Å². The van der Waals surface area contributed by atoms with E-state index in [1.165, 1.54) is 33.3 Å². The van der Waals surface area contributed by atoms with Crippen LogP contribution in [0.2, 0.25) is 0 Å². The van der Waals surface area contributed by atoms with Crippen molar-refractivity contribution in [3.8, 4) is 22.5 Å². The van der Waals surface area contributed by atoms with Gasteiger partial charge in [0.25, 0.3) is 0 Å². The van der Waals surface area contributed by atoms with Crippen molar-refractivity contribution in [3.63, 3.8) is 0 Å². The predicted molar refractivity (Wildman–Crippen MR) is 243 cm³/mol. The Hall–Kier alpha value is -5.00. The van der Waals surface area contributed by atoms with Gasteiger partial charge < -0.3 is 41.7 Å². The normalized spacial score (nSPS) is 18.1. The first-order chi connectivity index (χ1) is 30.0. The topological polar surface area (TPSA) is 233 Å². The van der Waals surface area contributed by atoms with E-state index in [4.69, 9.17) is 0 Å². The van der Waals surface area contributed by atoms with Gasteiger partial charge in [0, 0.05) is 45.7 Å². The molecule has 18 nitrogen and oxygen atoms in total. The Bertz CT molecular complexity index is 2030. The highest BCUT2D eigenvalue weighted by Gasteiger charge is 2.41. The summed E-state index contributed by atoms with van der Waals surface area (Å²) in [6.45, 7) is 3.36. The smallest absolute Gasteiger partial charge is 0.248 e. The third kappa shape index (κ3) is 11.5. The second kappa shape index (κ2) is 22.4. The van der Waals surface area contributed by atoms with Crippen molar-refractivity contribution in [2.45, 2.75) is 75.8 Å². The fraction of sp³-hybridized carbons (Fsp3) is 0.450. The monoisotopic (exact) mass is 922 g/mol. The molecular formula is C40H50N12O6S4. The molecule has 0 aliphatic carbocycles. The summed E-state index contributed by atoms with van der Waals surface area (Å²) in [4.78, 5) is 85.3. The quantitative estimate of drug-likeness (QED) is 0.0744. The summed E-state index contributed by atoms with van der Waals surface area (Å²) in [5.41, 5.74) is 2.64. The average molecular weight is 923 g/mol. The molecule has 6 atom stereocenters. The zero-order valence-corrected chi connectivity index (χ0v) is 37.9. The number of hydrogen-bond donors (Lipinski definition) is 6. The Kier molecular flexibility index (Phi) is 16.8. The first-order valence-corrected chi connectivity index (χ1v) is 23.9. The minimum atomic E-state index is -0.977. The van der Waals surface area contributed by atoms with Gasteiger partial charge in [0.2, 0.25) is 35.4 Å². The molecule has 2 saturated heterocycles. The minimum absolute atomic E-state index is 0.201. The van der Waals surface area contributed by atoms with Crippen LogP contribution < -0.4 is 31.9 Å². The molecule has 0 spiro atoms. The summed E-state index contributed by atoms with van der Waals surface area (Å²) in [6, 6.07) is 13.9. The number of nitrogens with zero attached hydrogens (tertiary/aromatic N) is 6. The van der Waals surface area contributed by atoms with Crippen molar-refractivity contribution in [2.24, 2.45) is 0 Å². The van der Waals surface area contributed by atoms with Crippen molar-refractivity contribution >= 4 is 92.0 Å². The van der Waals surface area contributed by atoms with Crippen LogP contribution in [0.25, 0.3) is 22.5 Å². The maximum absolute atomic E-state index is 14.3. The van der Waals surface area contributed by atoms with Crippen molar-refractivity contribution in [3.05, 3.63) is 60.7 Å². The summed E-state index contributed by atoms with van der Waals surface area (Å²) >= 11 is 4.96. The molecule has 4 aromatic rings. The lowest BCUT2D eigenvalue weighted by atomic mass is 10.0. The van der Waals surface area contributed by atoms with E-state index in [1.807, 2.05) is 60.7 Å². The number of benzene rings is 2. The number of aromatic nitrogens is 4. The number of nitrogens with one attached hydrogen (secondary N) is 6. The van der Waals surface area contributed by atoms with Crippen LogP contribution in [0.4, 0.5) is 10.0 Å². The number of carbonyl (C=O) groups is 6. The van der Waals surface area contributed by atoms with E-state index < -0.39 is 48.1 Å². The molecule has 0 bridgehead atoms. The number of thioether (sulfide) groups is 2. The Morgan fingerprint density at radius 2 is 1.02 bits per heavy atom. The molecule has 6 amide bonds. The minimum Gasteiger partial charge on any atom is -0.343 e. The van der Waals surface area contributed by atoms with Gasteiger partial charge in [-0.2, -0.15) is 0 Å². The molecule has 2 aliphatic heterocycles. The molecule has 22 heteroatoms. The van der Waals surface area contributed by atoms with Crippen LogP contribution >= 0.6 is 46.6 Å². The summed E-state index contributed by atoms with van der Waals surface area (Å²) < 4.78 is 8.07. The zero-order valence-electron chi connectivity index (χ0n) is 34.7. The maximum atomic E-state index is 14.3. The number of unbranched alkanes of at least 4 members (excludes halogenated alkanes) is 1. The van der Waals surface area contributed by atoms with Crippen LogP contribution in [-0.4, -0.2) is 138 Å². The lowest BCUT2D eigenvalue weighted by Gasteiger charge is -2.29. The summed E-state index contributed by atoms with van der Waals surface area (Å²) in [7, 11) is 3.28.